The molecule has 2 aromatic heterocycles. The Balaban J connectivity index is 2.28. The minimum atomic E-state index is -3.70. The SMILES string of the molecule is C=CCn1/c(=N/S(=O)(=O)c2cccs2)sc2cc(Cl)ccc21. The van der Waals surface area contributed by atoms with Crippen molar-refractivity contribution < 1.29 is 8.42 Å². The summed E-state index contributed by atoms with van der Waals surface area (Å²) in [5, 5.41) is 2.32. The molecule has 114 valence electrons. The minimum Gasteiger partial charge on any atom is -0.312 e. The molecule has 8 heteroatoms. The fourth-order valence-corrected chi connectivity index (χ4v) is 5.47. The highest BCUT2D eigenvalue weighted by Gasteiger charge is 2.15. The molecule has 0 amide bonds. The van der Waals surface area contributed by atoms with Crippen molar-refractivity contribution in [2.75, 3.05) is 0 Å². The van der Waals surface area contributed by atoms with Crippen molar-refractivity contribution in [3.8, 4) is 0 Å². The molecule has 0 spiro atoms. The molecule has 0 radical (unpaired) electrons. The third kappa shape index (κ3) is 2.89. The van der Waals surface area contributed by atoms with Crippen LogP contribution in [0.3, 0.4) is 0 Å². The van der Waals surface area contributed by atoms with Crippen LogP contribution in [0.1, 0.15) is 0 Å². The van der Waals surface area contributed by atoms with Crippen LogP contribution >= 0.6 is 34.3 Å². The maximum Gasteiger partial charge on any atom is 0.294 e. The van der Waals surface area contributed by atoms with Gasteiger partial charge in [-0.1, -0.05) is 35.1 Å². The van der Waals surface area contributed by atoms with E-state index in [9.17, 15) is 8.42 Å². The lowest BCUT2D eigenvalue weighted by Gasteiger charge is -2.01. The van der Waals surface area contributed by atoms with Crippen LogP contribution in [0.15, 0.2) is 57.0 Å². The van der Waals surface area contributed by atoms with Gasteiger partial charge in [0.05, 0.1) is 10.2 Å². The number of hydrogen-bond donors (Lipinski definition) is 0. The van der Waals surface area contributed by atoms with E-state index >= 15 is 0 Å². The molecule has 0 saturated heterocycles. The largest absolute Gasteiger partial charge is 0.312 e. The molecular weight excluding hydrogens is 360 g/mol. The Morgan fingerprint density at radius 2 is 2.18 bits per heavy atom. The van der Waals surface area contributed by atoms with Gasteiger partial charge in [-0.3, -0.25) is 0 Å². The molecule has 0 aliphatic carbocycles. The van der Waals surface area contributed by atoms with Crippen LogP contribution in [0.25, 0.3) is 10.2 Å². The number of nitrogens with zero attached hydrogens (tertiary/aromatic N) is 2. The van der Waals surface area contributed by atoms with E-state index in [0.717, 1.165) is 21.6 Å². The van der Waals surface area contributed by atoms with Crippen molar-refractivity contribution >= 4 is 54.5 Å². The van der Waals surface area contributed by atoms with Crippen molar-refractivity contribution in [1.29, 1.82) is 0 Å². The molecular formula is C14H11ClN2O2S3. The molecule has 3 rings (SSSR count). The van der Waals surface area contributed by atoms with Crippen LogP contribution in [-0.2, 0) is 16.6 Å². The maximum atomic E-state index is 12.3. The number of thiophene rings is 1. The van der Waals surface area contributed by atoms with Crippen molar-refractivity contribution in [1.82, 2.24) is 4.57 Å². The van der Waals surface area contributed by atoms with Gasteiger partial charge in [0.15, 0.2) is 0 Å². The van der Waals surface area contributed by atoms with Crippen LogP contribution in [0.5, 0.6) is 0 Å². The first-order valence-electron chi connectivity index (χ1n) is 6.25. The number of benzene rings is 1. The number of sulfonamides is 1. The summed E-state index contributed by atoms with van der Waals surface area (Å²) in [4.78, 5) is 0.408. The van der Waals surface area contributed by atoms with Gasteiger partial charge in [-0.05, 0) is 29.6 Å². The Morgan fingerprint density at radius 1 is 1.36 bits per heavy atom. The van der Waals surface area contributed by atoms with Crippen molar-refractivity contribution in [2.45, 2.75) is 10.8 Å². The fourth-order valence-electron chi connectivity index (χ4n) is 1.98. The number of rotatable bonds is 4. The van der Waals surface area contributed by atoms with Gasteiger partial charge < -0.3 is 4.57 Å². The molecule has 0 bridgehead atoms. The first-order valence-corrected chi connectivity index (χ1v) is 9.77. The summed E-state index contributed by atoms with van der Waals surface area (Å²) in [6.07, 6.45) is 1.71. The Morgan fingerprint density at radius 3 is 2.86 bits per heavy atom. The van der Waals surface area contributed by atoms with E-state index in [1.165, 1.54) is 11.3 Å². The molecule has 22 heavy (non-hydrogen) atoms. The van der Waals surface area contributed by atoms with Gasteiger partial charge in [0.25, 0.3) is 10.0 Å². The zero-order valence-corrected chi connectivity index (χ0v) is 14.5. The summed E-state index contributed by atoms with van der Waals surface area (Å²) < 4.78 is 31.6. The van der Waals surface area contributed by atoms with Gasteiger partial charge in [0, 0.05) is 11.6 Å². The van der Waals surface area contributed by atoms with E-state index in [4.69, 9.17) is 11.6 Å². The number of fused-ring (bicyclic) bond motifs is 1. The lowest BCUT2D eigenvalue weighted by molar-refractivity contribution is 0.598. The van der Waals surface area contributed by atoms with E-state index in [-0.39, 0.29) is 4.21 Å². The van der Waals surface area contributed by atoms with E-state index < -0.39 is 10.0 Å². The molecule has 0 aliphatic rings. The fraction of sp³-hybridized carbons (Fsp3) is 0.0714. The van der Waals surface area contributed by atoms with Gasteiger partial charge in [0.2, 0.25) is 4.80 Å². The molecule has 0 aliphatic heterocycles. The average molecular weight is 371 g/mol. The van der Waals surface area contributed by atoms with Crippen LogP contribution in [0.4, 0.5) is 0 Å². The standard InChI is InChI=1S/C14H11ClN2O2S3/c1-2-7-17-11-6-5-10(15)9-12(11)21-14(17)16-22(18,19)13-4-3-8-20-13/h2-6,8-9H,1,7H2/b16-14-. The van der Waals surface area contributed by atoms with Gasteiger partial charge >= 0.3 is 0 Å². The van der Waals surface area contributed by atoms with Crippen LogP contribution < -0.4 is 4.80 Å². The second kappa shape index (κ2) is 6.00. The van der Waals surface area contributed by atoms with Crippen LogP contribution in [0, 0.1) is 0 Å². The maximum absolute atomic E-state index is 12.3. The predicted octanol–water partition coefficient (Wildman–Crippen LogP) is 3.89. The quantitative estimate of drug-likeness (QED) is 0.654. The first kappa shape index (κ1) is 15.5. The predicted molar refractivity (Wildman–Crippen MR) is 92.1 cm³/mol. The highest BCUT2D eigenvalue weighted by molar-refractivity contribution is 7.92. The summed E-state index contributed by atoms with van der Waals surface area (Å²) in [5.41, 5.74) is 0.884. The molecule has 1 aromatic carbocycles. The van der Waals surface area contributed by atoms with E-state index in [1.54, 1.807) is 35.7 Å². The first-order chi connectivity index (χ1) is 10.5. The second-order valence-electron chi connectivity index (χ2n) is 4.39. The molecule has 0 N–H and O–H groups in total. The summed E-state index contributed by atoms with van der Waals surface area (Å²) in [6.45, 7) is 4.19. The number of hydrogen-bond acceptors (Lipinski definition) is 4. The Bertz CT molecular complexity index is 999. The molecule has 0 atom stereocenters. The molecule has 0 fully saturated rings. The van der Waals surface area contributed by atoms with Gasteiger partial charge in [0.1, 0.15) is 4.21 Å². The lowest BCUT2D eigenvalue weighted by Crippen LogP contribution is -2.16. The van der Waals surface area contributed by atoms with Crippen LogP contribution in [0.2, 0.25) is 5.02 Å². The normalized spacial score (nSPS) is 12.9. The van der Waals surface area contributed by atoms with Gasteiger partial charge in [-0.15, -0.1) is 22.3 Å². The molecule has 0 unspecified atom stereocenters. The van der Waals surface area contributed by atoms with E-state index in [0.29, 0.717) is 16.4 Å². The third-order valence-corrected chi connectivity index (χ3v) is 6.94. The minimum absolute atomic E-state index is 0.230. The summed E-state index contributed by atoms with van der Waals surface area (Å²) >= 11 is 8.44. The zero-order chi connectivity index (χ0) is 15.7. The van der Waals surface area contributed by atoms with E-state index in [1.807, 2.05) is 10.6 Å². The molecule has 3 aromatic rings. The van der Waals surface area contributed by atoms with Crippen molar-refractivity contribution in [3.05, 3.63) is 58.2 Å². The highest BCUT2D eigenvalue weighted by Crippen LogP contribution is 2.23. The van der Waals surface area contributed by atoms with Crippen LogP contribution in [-0.4, -0.2) is 13.0 Å². The molecule has 0 saturated carbocycles. The van der Waals surface area contributed by atoms with Gasteiger partial charge in [-0.25, -0.2) is 0 Å². The summed E-state index contributed by atoms with van der Waals surface area (Å²) in [5.74, 6) is 0. The van der Waals surface area contributed by atoms with Gasteiger partial charge in [-0.2, -0.15) is 8.42 Å². The third-order valence-electron chi connectivity index (χ3n) is 2.90. The molecule has 4 nitrogen and oxygen atoms in total. The topological polar surface area (TPSA) is 51.4 Å². The molecule has 2 heterocycles. The smallest absolute Gasteiger partial charge is 0.294 e. The van der Waals surface area contributed by atoms with E-state index in [2.05, 4.69) is 11.0 Å². The Hall–Kier alpha value is -1.41. The Labute approximate surface area is 140 Å². The average Bonchev–Trinajstić information content (AvgIpc) is 3.08. The summed E-state index contributed by atoms with van der Waals surface area (Å²) in [7, 11) is -3.70. The lowest BCUT2D eigenvalue weighted by atomic mass is 10.3. The Kier molecular flexibility index (Phi) is 4.22. The number of halogens is 1. The van der Waals surface area contributed by atoms with Crippen molar-refractivity contribution in [3.63, 3.8) is 0 Å². The second-order valence-corrected chi connectivity index (χ2v) is 8.62. The highest BCUT2D eigenvalue weighted by atomic mass is 35.5. The number of allylic oxidation sites excluding steroid dienone is 1. The number of thiazole rings is 1. The monoisotopic (exact) mass is 370 g/mol. The van der Waals surface area contributed by atoms with Crippen molar-refractivity contribution in [2.24, 2.45) is 4.40 Å². The summed E-state index contributed by atoms with van der Waals surface area (Å²) in [6, 6.07) is 8.67. The number of aromatic nitrogens is 1. The zero-order valence-electron chi connectivity index (χ0n) is 11.3.